The van der Waals surface area contributed by atoms with Gasteiger partial charge in [0.1, 0.15) is 5.82 Å². The third kappa shape index (κ3) is 2.48. The molecule has 0 aliphatic carbocycles. The number of halogens is 1. The van der Waals surface area contributed by atoms with Crippen molar-refractivity contribution in [2.24, 2.45) is 5.73 Å². The summed E-state index contributed by atoms with van der Waals surface area (Å²) in [4.78, 5) is 0. The van der Waals surface area contributed by atoms with Gasteiger partial charge in [0.25, 0.3) is 0 Å². The van der Waals surface area contributed by atoms with Gasteiger partial charge in [-0.2, -0.15) is 0 Å². The van der Waals surface area contributed by atoms with Crippen LogP contribution in [-0.4, -0.2) is 0 Å². The topological polar surface area (TPSA) is 26.0 Å². The molecular weight excluding hydrogens is 249 g/mol. The Morgan fingerprint density at radius 1 is 0.850 bits per heavy atom. The maximum atomic E-state index is 13.5. The molecule has 2 aromatic rings. The standard InChI is InChI=1S/C18H22FN/c1-10-6-7-15(19)9-16(10)18(20)17-13(4)11(2)8-12(3)14(17)5/h6-9,18H,20H2,1-5H3. The van der Waals surface area contributed by atoms with Gasteiger partial charge in [-0.05, 0) is 85.7 Å². The Hall–Kier alpha value is -1.67. The summed E-state index contributed by atoms with van der Waals surface area (Å²) in [5.41, 5.74) is 14.3. The van der Waals surface area contributed by atoms with Crippen LogP contribution in [0.5, 0.6) is 0 Å². The van der Waals surface area contributed by atoms with Crippen molar-refractivity contribution < 1.29 is 4.39 Å². The maximum Gasteiger partial charge on any atom is 0.123 e. The largest absolute Gasteiger partial charge is 0.320 e. The van der Waals surface area contributed by atoms with Crippen LogP contribution in [0.25, 0.3) is 0 Å². The first kappa shape index (κ1) is 14.7. The van der Waals surface area contributed by atoms with Crippen LogP contribution in [0.2, 0.25) is 0 Å². The Kier molecular flexibility index (Phi) is 3.96. The summed E-state index contributed by atoms with van der Waals surface area (Å²) < 4.78 is 13.5. The molecule has 1 nitrogen and oxygen atoms in total. The van der Waals surface area contributed by atoms with Gasteiger partial charge in [-0.25, -0.2) is 4.39 Å². The first-order chi connectivity index (χ1) is 9.32. The van der Waals surface area contributed by atoms with Crippen LogP contribution >= 0.6 is 0 Å². The van der Waals surface area contributed by atoms with Crippen molar-refractivity contribution in [3.05, 3.63) is 69.0 Å². The lowest BCUT2D eigenvalue weighted by Crippen LogP contribution is -2.17. The summed E-state index contributed by atoms with van der Waals surface area (Å²) >= 11 is 0. The van der Waals surface area contributed by atoms with Gasteiger partial charge < -0.3 is 5.73 Å². The van der Waals surface area contributed by atoms with Crippen molar-refractivity contribution in [1.29, 1.82) is 0 Å². The number of benzene rings is 2. The Balaban J connectivity index is 2.65. The van der Waals surface area contributed by atoms with Crippen molar-refractivity contribution in [3.8, 4) is 0 Å². The monoisotopic (exact) mass is 271 g/mol. The quantitative estimate of drug-likeness (QED) is 0.860. The maximum absolute atomic E-state index is 13.5. The lowest BCUT2D eigenvalue weighted by molar-refractivity contribution is 0.622. The summed E-state index contributed by atoms with van der Waals surface area (Å²) in [6.45, 7) is 10.3. The lowest BCUT2D eigenvalue weighted by atomic mass is 9.86. The fourth-order valence-electron chi connectivity index (χ4n) is 2.82. The zero-order valence-electron chi connectivity index (χ0n) is 12.8. The second kappa shape index (κ2) is 5.37. The van der Waals surface area contributed by atoms with Crippen LogP contribution in [0, 0.1) is 40.4 Å². The summed E-state index contributed by atoms with van der Waals surface area (Å²) in [7, 11) is 0. The summed E-state index contributed by atoms with van der Waals surface area (Å²) in [6.07, 6.45) is 0. The van der Waals surface area contributed by atoms with Crippen LogP contribution < -0.4 is 5.73 Å². The van der Waals surface area contributed by atoms with E-state index in [9.17, 15) is 4.39 Å². The molecule has 0 saturated carbocycles. The van der Waals surface area contributed by atoms with Crippen molar-refractivity contribution in [1.82, 2.24) is 0 Å². The SMILES string of the molecule is Cc1ccc(F)cc1C(N)c1c(C)c(C)cc(C)c1C. The Morgan fingerprint density at radius 3 is 1.95 bits per heavy atom. The van der Waals surface area contributed by atoms with E-state index < -0.39 is 0 Å². The molecule has 2 heteroatoms. The molecule has 106 valence electrons. The molecule has 0 spiro atoms. The minimum absolute atomic E-state index is 0.235. The van der Waals surface area contributed by atoms with E-state index in [1.165, 1.54) is 28.3 Å². The van der Waals surface area contributed by atoms with Gasteiger partial charge in [0.2, 0.25) is 0 Å². The van der Waals surface area contributed by atoms with Crippen molar-refractivity contribution in [3.63, 3.8) is 0 Å². The minimum atomic E-state index is -0.288. The zero-order valence-corrected chi connectivity index (χ0v) is 12.8. The zero-order chi connectivity index (χ0) is 15.0. The van der Waals surface area contributed by atoms with Gasteiger partial charge in [0, 0.05) is 0 Å². The molecular formula is C18H22FN. The van der Waals surface area contributed by atoms with E-state index in [0.29, 0.717) is 0 Å². The first-order valence-corrected chi connectivity index (χ1v) is 6.92. The van der Waals surface area contributed by atoms with Gasteiger partial charge in [-0.15, -0.1) is 0 Å². The molecule has 20 heavy (non-hydrogen) atoms. The predicted molar refractivity (Wildman–Crippen MR) is 82.6 cm³/mol. The normalized spacial score (nSPS) is 12.6. The van der Waals surface area contributed by atoms with Gasteiger partial charge in [-0.3, -0.25) is 0 Å². The van der Waals surface area contributed by atoms with Crippen molar-refractivity contribution in [2.75, 3.05) is 0 Å². The van der Waals surface area contributed by atoms with Crippen molar-refractivity contribution in [2.45, 2.75) is 40.7 Å². The van der Waals surface area contributed by atoms with Crippen LogP contribution in [0.4, 0.5) is 4.39 Å². The molecule has 1 atom stereocenters. The molecule has 0 aliphatic rings. The Labute approximate surface area is 120 Å². The van der Waals surface area contributed by atoms with Crippen LogP contribution in [0.3, 0.4) is 0 Å². The minimum Gasteiger partial charge on any atom is -0.320 e. The number of rotatable bonds is 2. The van der Waals surface area contributed by atoms with Gasteiger partial charge >= 0.3 is 0 Å². The highest BCUT2D eigenvalue weighted by atomic mass is 19.1. The van der Waals surface area contributed by atoms with E-state index in [2.05, 4.69) is 33.8 Å². The van der Waals surface area contributed by atoms with E-state index in [0.717, 1.165) is 16.7 Å². The highest BCUT2D eigenvalue weighted by Gasteiger charge is 2.18. The second-order valence-electron chi connectivity index (χ2n) is 5.65. The molecule has 0 saturated heterocycles. The van der Waals surface area contributed by atoms with Crippen LogP contribution in [0.15, 0.2) is 24.3 Å². The van der Waals surface area contributed by atoms with Gasteiger partial charge in [0.15, 0.2) is 0 Å². The molecule has 2 rings (SSSR count). The number of aryl methyl sites for hydroxylation is 3. The average molecular weight is 271 g/mol. The van der Waals surface area contributed by atoms with Crippen LogP contribution in [-0.2, 0) is 0 Å². The highest BCUT2D eigenvalue weighted by molar-refractivity contribution is 5.49. The highest BCUT2D eigenvalue weighted by Crippen LogP contribution is 2.31. The fraction of sp³-hybridized carbons (Fsp3) is 0.333. The molecule has 1 unspecified atom stereocenters. The molecule has 0 aliphatic heterocycles. The first-order valence-electron chi connectivity index (χ1n) is 6.92. The Morgan fingerprint density at radius 2 is 1.40 bits per heavy atom. The van der Waals surface area contributed by atoms with Gasteiger partial charge in [-0.1, -0.05) is 12.1 Å². The number of nitrogens with two attached hydrogens (primary N) is 1. The second-order valence-corrected chi connectivity index (χ2v) is 5.65. The molecule has 0 aromatic heterocycles. The summed E-state index contributed by atoms with van der Waals surface area (Å²) in [6, 6.07) is 6.71. The third-order valence-electron chi connectivity index (χ3n) is 4.31. The van der Waals surface area contributed by atoms with E-state index >= 15 is 0 Å². The number of hydrogen-bond acceptors (Lipinski definition) is 1. The molecule has 0 heterocycles. The third-order valence-corrected chi connectivity index (χ3v) is 4.31. The molecule has 0 amide bonds. The molecule has 2 N–H and O–H groups in total. The van der Waals surface area contributed by atoms with Gasteiger partial charge in [0.05, 0.1) is 6.04 Å². The predicted octanol–water partition coefficient (Wildman–Crippen LogP) is 4.42. The molecule has 2 aromatic carbocycles. The summed E-state index contributed by atoms with van der Waals surface area (Å²) in [5, 5.41) is 0. The summed E-state index contributed by atoms with van der Waals surface area (Å²) in [5.74, 6) is -0.235. The molecule has 0 radical (unpaired) electrons. The smallest absolute Gasteiger partial charge is 0.123 e. The van der Waals surface area contributed by atoms with E-state index in [1.807, 2.05) is 6.92 Å². The average Bonchev–Trinajstić information content (AvgIpc) is 2.39. The molecule has 0 bridgehead atoms. The number of hydrogen-bond donors (Lipinski definition) is 1. The van der Waals surface area contributed by atoms with E-state index in [-0.39, 0.29) is 11.9 Å². The lowest BCUT2D eigenvalue weighted by Gasteiger charge is -2.22. The van der Waals surface area contributed by atoms with E-state index in [1.54, 1.807) is 12.1 Å². The van der Waals surface area contributed by atoms with E-state index in [4.69, 9.17) is 5.73 Å². The van der Waals surface area contributed by atoms with Crippen molar-refractivity contribution >= 4 is 0 Å². The molecule has 0 fully saturated rings. The van der Waals surface area contributed by atoms with Crippen LogP contribution in [0.1, 0.15) is 45.0 Å². The fourth-order valence-corrected chi connectivity index (χ4v) is 2.82. The Bertz CT molecular complexity index is 633.